The minimum absolute atomic E-state index is 0.0630. The average molecular weight is 511 g/mol. The molecule has 10 heteroatoms. The molecule has 0 fully saturated rings. The van der Waals surface area contributed by atoms with Gasteiger partial charge in [-0.15, -0.1) is 0 Å². The van der Waals surface area contributed by atoms with E-state index in [-0.39, 0.29) is 30.4 Å². The number of primary amides is 1. The Morgan fingerprint density at radius 2 is 1.69 bits per heavy atom. The van der Waals surface area contributed by atoms with Crippen LogP contribution < -0.4 is 19.5 Å². The molecule has 1 amide bonds. The van der Waals surface area contributed by atoms with Crippen molar-refractivity contribution in [1.82, 2.24) is 0 Å². The maximum Gasteiger partial charge on any atom is 0.303 e. The van der Waals surface area contributed by atoms with Gasteiger partial charge in [0.2, 0.25) is 5.91 Å². The highest BCUT2D eigenvalue weighted by Gasteiger charge is 2.37. The summed E-state index contributed by atoms with van der Waals surface area (Å²) in [6.07, 6.45) is 0.251. The van der Waals surface area contributed by atoms with Crippen molar-refractivity contribution in [2.75, 3.05) is 18.0 Å². The number of carbonyl (C=O) groups excluding carboxylic acids is 1. The highest BCUT2D eigenvalue weighted by atomic mass is 32.2. The maximum atomic E-state index is 13.5. The van der Waals surface area contributed by atoms with Crippen molar-refractivity contribution in [3.8, 4) is 11.5 Å². The number of methoxy groups -OCH3 is 1. The van der Waals surface area contributed by atoms with Crippen LogP contribution in [0.15, 0.2) is 71.6 Å². The number of rotatable bonds is 10. The minimum atomic E-state index is -3.89. The molecular formula is C26H26N2O7S. The van der Waals surface area contributed by atoms with Gasteiger partial charge >= 0.3 is 5.97 Å². The van der Waals surface area contributed by atoms with Crippen molar-refractivity contribution in [2.45, 2.75) is 30.3 Å². The molecule has 1 aliphatic heterocycles. The van der Waals surface area contributed by atoms with Gasteiger partial charge in [0, 0.05) is 24.4 Å². The van der Waals surface area contributed by atoms with E-state index in [1.54, 1.807) is 54.6 Å². The Labute approximate surface area is 209 Å². The summed E-state index contributed by atoms with van der Waals surface area (Å²) in [4.78, 5) is 22.4. The minimum Gasteiger partial charge on any atom is -0.497 e. The van der Waals surface area contributed by atoms with E-state index in [1.807, 2.05) is 0 Å². The maximum absolute atomic E-state index is 13.5. The number of benzene rings is 3. The quantitative estimate of drug-likeness (QED) is 0.426. The summed E-state index contributed by atoms with van der Waals surface area (Å²) in [7, 11) is -2.37. The number of hydrogen-bond donors (Lipinski definition) is 2. The second-order valence-corrected chi connectivity index (χ2v) is 10.3. The number of carboxylic acid groups (broad SMARTS) is 1. The van der Waals surface area contributed by atoms with Crippen LogP contribution in [0.25, 0.3) is 0 Å². The zero-order valence-corrected chi connectivity index (χ0v) is 20.4. The molecule has 0 aromatic heterocycles. The van der Waals surface area contributed by atoms with Crippen LogP contribution in [0.5, 0.6) is 11.5 Å². The fraction of sp³-hybridized carbons (Fsp3) is 0.231. The zero-order valence-electron chi connectivity index (χ0n) is 19.6. The van der Waals surface area contributed by atoms with Crippen molar-refractivity contribution < 1.29 is 32.6 Å². The molecule has 3 aromatic rings. The first-order chi connectivity index (χ1) is 17.2. The largest absolute Gasteiger partial charge is 0.497 e. The number of carboxylic acids is 1. The van der Waals surface area contributed by atoms with Crippen LogP contribution in [-0.4, -0.2) is 39.1 Å². The average Bonchev–Trinajstić information content (AvgIpc) is 3.25. The van der Waals surface area contributed by atoms with Gasteiger partial charge in [0.25, 0.3) is 10.0 Å². The molecule has 0 radical (unpaired) electrons. The molecule has 0 spiro atoms. The summed E-state index contributed by atoms with van der Waals surface area (Å²) < 4.78 is 39.4. The Morgan fingerprint density at radius 3 is 2.31 bits per heavy atom. The zero-order chi connectivity index (χ0) is 25.9. The Hall–Kier alpha value is -4.05. The second-order valence-electron chi connectivity index (χ2n) is 8.41. The van der Waals surface area contributed by atoms with Crippen molar-refractivity contribution >= 4 is 27.6 Å². The van der Waals surface area contributed by atoms with E-state index in [1.165, 1.54) is 23.5 Å². The van der Waals surface area contributed by atoms with Crippen molar-refractivity contribution in [1.29, 1.82) is 0 Å². The van der Waals surface area contributed by atoms with E-state index >= 15 is 0 Å². The molecule has 0 saturated heterocycles. The van der Waals surface area contributed by atoms with Gasteiger partial charge in [-0.05, 0) is 72.1 Å². The van der Waals surface area contributed by atoms with Crippen molar-refractivity contribution in [3.05, 3.63) is 83.4 Å². The Kier molecular flexibility index (Phi) is 7.16. The predicted octanol–water partition coefficient (Wildman–Crippen LogP) is 3.53. The lowest BCUT2D eigenvalue weighted by Gasteiger charge is -2.20. The fourth-order valence-electron chi connectivity index (χ4n) is 4.15. The van der Waals surface area contributed by atoms with E-state index in [0.717, 1.165) is 11.1 Å². The van der Waals surface area contributed by atoms with E-state index < -0.39 is 21.9 Å². The number of anilines is 1. The van der Waals surface area contributed by atoms with Gasteiger partial charge in [-0.1, -0.05) is 12.1 Å². The molecule has 1 aliphatic rings. The van der Waals surface area contributed by atoms with E-state index in [2.05, 4.69) is 0 Å². The third kappa shape index (κ3) is 5.28. The van der Waals surface area contributed by atoms with Crippen LogP contribution in [0.2, 0.25) is 0 Å². The monoisotopic (exact) mass is 510 g/mol. The number of aliphatic carboxylic acids is 1. The topological polar surface area (TPSA) is 136 Å². The second kappa shape index (κ2) is 10.3. The number of hydrogen-bond acceptors (Lipinski definition) is 6. The van der Waals surface area contributed by atoms with E-state index in [4.69, 9.17) is 20.3 Å². The summed E-state index contributed by atoms with van der Waals surface area (Å²) in [5, 5.41) is 9.12. The number of ether oxygens (including phenoxy) is 2. The summed E-state index contributed by atoms with van der Waals surface area (Å²) in [5.41, 5.74) is 7.75. The molecule has 0 aliphatic carbocycles. The Balaban J connectivity index is 1.51. The number of nitrogens with two attached hydrogens (primary N) is 1. The summed E-state index contributed by atoms with van der Waals surface area (Å²) in [6.45, 7) is 0.384. The van der Waals surface area contributed by atoms with Gasteiger partial charge in [0.15, 0.2) is 0 Å². The predicted molar refractivity (Wildman–Crippen MR) is 133 cm³/mol. The molecule has 9 nitrogen and oxygen atoms in total. The number of amides is 1. The molecule has 1 unspecified atom stereocenters. The molecule has 1 atom stereocenters. The van der Waals surface area contributed by atoms with Gasteiger partial charge in [-0.2, -0.15) is 0 Å². The van der Waals surface area contributed by atoms with Gasteiger partial charge < -0.3 is 20.3 Å². The highest BCUT2D eigenvalue weighted by Crippen LogP contribution is 2.43. The van der Waals surface area contributed by atoms with E-state index in [0.29, 0.717) is 29.2 Å². The number of nitrogens with zero attached hydrogens (tertiary/aromatic N) is 1. The molecule has 4 rings (SSSR count). The molecule has 3 aromatic carbocycles. The SMILES string of the molecule is COc1ccc2c(c1)C(CCC(=O)O)CN2S(=O)(=O)c1ccc(OCc2ccc(C(N)=O)cc2)cc1. The van der Waals surface area contributed by atoms with Crippen molar-refractivity contribution in [2.24, 2.45) is 5.73 Å². The lowest BCUT2D eigenvalue weighted by molar-refractivity contribution is -0.137. The van der Waals surface area contributed by atoms with Crippen molar-refractivity contribution in [3.63, 3.8) is 0 Å². The van der Waals surface area contributed by atoms with Crippen LogP contribution in [0.1, 0.15) is 40.2 Å². The molecule has 0 saturated carbocycles. The lowest BCUT2D eigenvalue weighted by atomic mass is 9.96. The molecule has 0 bridgehead atoms. The number of sulfonamides is 1. The molecule has 188 valence electrons. The third-order valence-corrected chi connectivity index (χ3v) is 7.89. The van der Waals surface area contributed by atoms with Crippen LogP contribution in [-0.2, 0) is 21.4 Å². The third-order valence-electron chi connectivity index (χ3n) is 6.09. The Bertz CT molecular complexity index is 1370. The van der Waals surface area contributed by atoms with E-state index in [9.17, 15) is 18.0 Å². The fourth-order valence-corrected chi connectivity index (χ4v) is 5.69. The normalized spacial score (nSPS) is 14.8. The smallest absolute Gasteiger partial charge is 0.303 e. The number of fused-ring (bicyclic) bond motifs is 1. The molecule has 1 heterocycles. The van der Waals surface area contributed by atoms with Crippen LogP contribution in [0, 0.1) is 0 Å². The molecule has 36 heavy (non-hydrogen) atoms. The first-order valence-corrected chi connectivity index (χ1v) is 12.7. The van der Waals surface area contributed by atoms with Crippen LogP contribution in [0.3, 0.4) is 0 Å². The highest BCUT2D eigenvalue weighted by molar-refractivity contribution is 7.92. The van der Waals surface area contributed by atoms with Crippen LogP contribution in [0.4, 0.5) is 5.69 Å². The van der Waals surface area contributed by atoms with Crippen LogP contribution >= 0.6 is 0 Å². The standard InChI is InChI=1S/C26H26N2O7S/c1-34-21-9-12-24-23(14-21)19(6-13-25(29)30)15-28(24)36(32,33)22-10-7-20(8-11-22)35-16-17-2-4-18(5-3-17)26(27)31/h2-5,7-12,14,19H,6,13,15-16H2,1H3,(H2,27,31)(H,29,30). The summed E-state index contributed by atoms with van der Waals surface area (Å²) >= 11 is 0. The van der Waals surface area contributed by atoms with Gasteiger partial charge in [0.1, 0.15) is 18.1 Å². The first-order valence-electron chi connectivity index (χ1n) is 11.2. The Morgan fingerprint density at radius 1 is 1.03 bits per heavy atom. The molecular weight excluding hydrogens is 484 g/mol. The lowest BCUT2D eigenvalue weighted by Crippen LogP contribution is -2.30. The van der Waals surface area contributed by atoms with Gasteiger partial charge in [-0.3, -0.25) is 13.9 Å². The van der Waals surface area contributed by atoms with Gasteiger partial charge in [-0.25, -0.2) is 8.42 Å². The van der Waals surface area contributed by atoms with Gasteiger partial charge in [0.05, 0.1) is 17.7 Å². The summed E-state index contributed by atoms with van der Waals surface area (Å²) in [6, 6.07) is 18.0. The molecule has 3 N–H and O–H groups in total. The number of carbonyl (C=O) groups is 2. The first kappa shape index (κ1) is 25.1. The summed E-state index contributed by atoms with van der Waals surface area (Å²) in [5.74, 6) is -0.630.